The van der Waals surface area contributed by atoms with Crippen LogP contribution in [0.15, 0.2) is 54.9 Å². The van der Waals surface area contributed by atoms with Gasteiger partial charge in [-0.2, -0.15) is 0 Å². The topological polar surface area (TPSA) is 79.3 Å². The van der Waals surface area contributed by atoms with E-state index >= 15 is 0 Å². The highest BCUT2D eigenvalue weighted by atomic mass is 16.2. The van der Waals surface area contributed by atoms with Crippen LogP contribution in [0.5, 0.6) is 0 Å². The van der Waals surface area contributed by atoms with E-state index in [4.69, 9.17) is 0 Å². The van der Waals surface area contributed by atoms with Crippen molar-refractivity contribution in [2.45, 2.75) is 13.8 Å². The fourth-order valence-corrected chi connectivity index (χ4v) is 3.54. The van der Waals surface area contributed by atoms with Gasteiger partial charge in [0, 0.05) is 42.0 Å². The van der Waals surface area contributed by atoms with Gasteiger partial charge in [0.05, 0.1) is 17.4 Å². The van der Waals surface area contributed by atoms with Crippen LogP contribution in [0.4, 0.5) is 16.2 Å². The van der Waals surface area contributed by atoms with Crippen LogP contribution in [-0.2, 0) is 0 Å². The van der Waals surface area contributed by atoms with E-state index in [1.807, 2.05) is 60.9 Å². The first kappa shape index (κ1) is 17.8. The molecule has 1 aliphatic heterocycles. The molecule has 3 heterocycles. The quantitative estimate of drug-likeness (QED) is 0.735. The molecule has 2 aromatic heterocycles. The maximum atomic E-state index is 12.9. The van der Waals surface area contributed by atoms with Crippen molar-refractivity contribution in [3.05, 3.63) is 71.8 Å². The van der Waals surface area contributed by atoms with Crippen LogP contribution < -0.4 is 15.5 Å². The number of nitrogens with one attached hydrogen (secondary N) is 2. The zero-order chi connectivity index (χ0) is 19.7. The van der Waals surface area contributed by atoms with Crippen LogP contribution in [0.25, 0.3) is 5.69 Å². The third-order valence-corrected chi connectivity index (χ3v) is 4.85. The lowest BCUT2D eigenvalue weighted by Gasteiger charge is -2.15. The number of aryl methyl sites for hydroxylation is 1. The Hall–Kier alpha value is -3.61. The van der Waals surface area contributed by atoms with E-state index in [9.17, 15) is 9.59 Å². The second-order valence-corrected chi connectivity index (χ2v) is 6.72. The lowest BCUT2D eigenvalue weighted by atomic mass is 10.2. The molecule has 0 spiro atoms. The monoisotopic (exact) mass is 375 g/mol. The molecule has 1 aliphatic rings. The first-order valence-corrected chi connectivity index (χ1v) is 9.11. The number of hydrogen-bond acceptors (Lipinski definition) is 3. The summed E-state index contributed by atoms with van der Waals surface area (Å²) < 4.78 is 2.01. The molecule has 0 unspecified atom stereocenters. The number of rotatable bonds is 4. The first-order valence-electron chi connectivity index (χ1n) is 9.11. The Labute approximate surface area is 163 Å². The molecule has 2 N–H and O–H groups in total. The average molecular weight is 375 g/mol. The Kier molecular flexibility index (Phi) is 4.57. The van der Waals surface area contributed by atoms with E-state index in [1.165, 1.54) is 0 Å². The maximum absolute atomic E-state index is 12.9. The van der Waals surface area contributed by atoms with Gasteiger partial charge in [-0.15, -0.1) is 0 Å². The summed E-state index contributed by atoms with van der Waals surface area (Å²) in [7, 11) is 0. The minimum absolute atomic E-state index is 0.122. The second-order valence-electron chi connectivity index (χ2n) is 6.72. The molecule has 7 nitrogen and oxygen atoms in total. The smallest absolute Gasteiger partial charge is 0.321 e. The summed E-state index contributed by atoms with van der Waals surface area (Å²) in [6.45, 7) is 5.11. The van der Waals surface area contributed by atoms with E-state index in [0.29, 0.717) is 24.3 Å². The third kappa shape index (κ3) is 3.22. The Bertz CT molecular complexity index is 1040. The lowest BCUT2D eigenvalue weighted by molar-refractivity contribution is 0.102. The molecule has 142 valence electrons. The SMILES string of the molecule is Cc1cc(C(=O)Nc2cccc(N3CCNC3=O)c2)c(C)n1-c1cccnc1. The summed E-state index contributed by atoms with van der Waals surface area (Å²) in [6.07, 6.45) is 3.49. The summed E-state index contributed by atoms with van der Waals surface area (Å²) in [5.41, 5.74) is 4.72. The number of aromatic nitrogens is 2. The van der Waals surface area contributed by atoms with Gasteiger partial charge in [-0.05, 0) is 50.2 Å². The highest BCUT2D eigenvalue weighted by Crippen LogP contribution is 2.24. The predicted molar refractivity (Wildman–Crippen MR) is 108 cm³/mol. The molecule has 4 rings (SSSR count). The number of pyridine rings is 1. The van der Waals surface area contributed by atoms with Crippen LogP contribution in [0.2, 0.25) is 0 Å². The van der Waals surface area contributed by atoms with Crippen molar-refractivity contribution < 1.29 is 9.59 Å². The first-order chi connectivity index (χ1) is 13.5. The Morgan fingerprint density at radius 2 is 1.96 bits per heavy atom. The second kappa shape index (κ2) is 7.19. The number of amides is 3. The van der Waals surface area contributed by atoms with Gasteiger partial charge in [0.2, 0.25) is 0 Å². The summed E-state index contributed by atoms with van der Waals surface area (Å²) in [4.78, 5) is 30.6. The van der Waals surface area contributed by atoms with Gasteiger partial charge in [-0.3, -0.25) is 14.7 Å². The zero-order valence-corrected chi connectivity index (χ0v) is 15.8. The molecule has 3 aromatic rings. The number of benzene rings is 1. The molecular formula is C21H21N5O2. The number of carbonyl (C=O) groups excluding carboxylic acids is 2. The Morgan fingerprint density at radius 1 is 1.14 bits per heavy atom. The number of anilines is 2. The van der Waals surface area contributed by atoms with Crippen molar-refractivity contribution in [2.75, 3.05) is 23.3 Å². The van der Waals surface area contributed by atoms with Crippen molar-refractivity contribution >= 4 is 23.3 Å². The Morgan fingerprint density at radius 3 is 2.68 bits per heavy atom. The highest BCUT2D eigenvalue weighted by molar-refractivity contribution is 6.06. The lowest BCUT2D eigenvalue weighted by Crippen LogP contribution is -2.27. The number of urea groups is 1. The van der Waals surface area contributed by atoms with Gasteiger partial charge in [0.25, 0.3) is 5.91 Å². The van der Waals surface area contributed by atoms with E-state index in [1.54, 1.807) is 17.3 Å². The molecule has 0 bridgehead atoms. The molecular weight excluding hydrogens is 354 g/mol. The minimum atomic E-state index is -0.189. The molecule has 1 fully saturated rings. The van der Waals surface area contributed by atoms with Crippen LogP contribution in [0.1, 0.15) is 21.7 Å². The molecule has 28 heavy (non-hydrogen) atoms. The van der Waals surface area contributed by atoms with E-state index in [0.717, 1.165) is 22.8 Å². The standard InChI is InChI=1S/C21H21N5O2/c1-14-11-19(15(2)26(14)18-7-4-8-22-13-18)20(27)24-16-5-3-6-17(12-16)25-10-9-23-21(25)28/h3-8,11-13H,9-10H2,1-2H3,(H,23,28)(H,24,27). The molecule has 0 saturated carbocycles. The highest BCUT2D eigenvalue weighted by Gasteiger charge is 2.22. The normalized spacial score (nSPS) is 13.5. The van der Waals surface area contributed by atoms with Gasteiger partial charge < -0.3 is 15.2 Å². The molecule has 3 amide bonds. The van der Waals surface area contributed by atoms with Crippen LogP contribution in [0.3, 0.4) is 0 Å². The fourth-order valence-electron chi connectivity index (χ4n) is 3.54. The summed E-state index contributed by atoms with van der Waals surface area (Å²) >= 11 is 0. The van der Waals surface area contributed by atoms with Gasteiger partial charge in [0.15, 0.2) is 0 Å². The summed E-state index contributed by atoms with van der Waals surface area (Å²) in [5.74, 6) is -0.189. The number of nitrogens with zero attached hydrogens (tertiary/aromatic N) is 3. The fraction of sp³-hybridized carbons (Fsp3) is 0.190. The summed E-state index contributed by atoms with van der Waals surface area (Å²) in [6, 6.07) is 12.9. The van der Waals surface area contributed by atoms with Crippen molar-refractivity contribution in [2.24, 2.45) is 0 Å². The van der Waals surface area contributed by atoms with Crippen molar-refractivity contribution in [1.29, 1.82) is 0 Å². The number of carbonyl (C=O) groups is 2. The third-order valence-electron chi connectivity index (χ3n) is 4.85. The number of hydrogen-bond donors (Lipinski definition) is 2. The average Bonchev–Trinajstić information content (AvgIpc) is 3.25. The summed E-state index contributed by atoms with van der Waals surface area (Å²) in [5, 5.41) is 5.72. The molecule has 0 radical (unpaired) electrons. The van der Waals surface area contributed by atoms with Gasteiger partial charge in [-0.25, -0.2) is 4.79 Å². The van der Waals surface area contributed by atoms with Crippen molar-refractivity contribution in [3.8, 4) is 5.69 Å². The van der Waals surface area contributed by atoms with E-state index < -0.39 is 0 Å². The van der Waals surface area contributed by atoms with Crippen LogP contribution in [-0.4, -0.2) is 34.6 Å². The van der Waals surface area contributed by atoms with E-state index in [-0.39, 0.29) is 11.9 Å². The molecule has 0 atom stereocenters. The van der Waals surface area contributed by atoms with Crippen LogP contribution in [0, 0.1) is 13.8 Å². The minimum Gasteiger partial charge on any atom is -0.336 e. The maximum Gasteiger partial charge on any atom is 0.321 e. The zero-order valence-electron chi connectivity index (χ0n) is 15.8. The largest absolute Gasteiger partial charge is 0.336 e. The van der Waals surface area contributed by atoms with Gasteiger partial charge in [-0.1, -0.05) is 6.07 Å². The van der Waals surface area contributed by atoms with Gasteiger partial charge >= 0.3 is 6.03 Å². The molecule has 1 saturated heterocycles. The van der Waals surface area contributed by atoms with Crippen molar-refractivity contribution in [3.63, 3.8) is 0 Å². The molecule has 7 heteroatoms. The van der Waals surface area contributed by atoms with Crippen LogP contribution >= 0.6 is 0 Å². The predicted octanol–water partition coefficient (Wildman–Crippen LogP) is 3.27. The van der Waals surface area contributed by atoms with Gasteiger partial charge in [0.1, 0.15) is 0 Å². The molecule has 0 aliphatic carbocycles. The molecule has 1 aromatic carbocycles. The van der Waals surface area contributed by atoms with E-state index in [2.05, 4.69) is 15.6 Å². The Balaban J connectivity index is 1.59. The van der Waals surface area contributed by atoms with Crippen molar-refractivity contribution in [1.82, 2.24) is 14.9 Å².